The second kappa shape index (κ2) is 4.96. The lowest BCUT2D eigenvalue weighted by atomic mass is 10.1. The maximum Gasteiger partial charge on any atom is 0.198 e. The molecule has 88 valence electrons. The highest BCUT2D eigenvalue weighted by Crippen LogP contribution is 2.33. The van der Waals surface area contributed by atoms with Gasteiger partial charge in [0, 0.05) is 5.56 Å². The summed E-state index contributed by atoms with van der Waals surface area (Å²) in [6, 6.07) is 4.39. The quantitative estimate of drug-likeness (QED) is 0.684. The normalized spacial score (nSPS) is 10.6. The molecule has 1 heterocycles. The van der Waals surface area contributed by atoms with Gasteiger partial charge in [0.05, 0.1) is 13.1 Å². The number of ketones is 1. The van der Waals surface area contributed by atoms with Crippen molar-refractivity contribution in [2.75, 3.05) is 0 Å². The van der Waals surface area contributed by atoms with Crippen molar-refractivity contribution in [2.24, 2.45) is 0 Å². The summed E-state index contributed by atoms with van der Waals surface area (Å²) in [5.41, 5.74) is 0.0439. The lowest BCUT2D eigenvalue weighted by Gasteiger charge is -2.01. The maximum atomic E-state index is 13.4. The summed E-state index contributed by atoms with van der Waals surface area (Å²) in [6.45, 7) is 0. The molecule has 0 aliphatic carbocycles. The molecular weight excluding hydrogens is 378 g/mol. The predicted octanol–water partition coefficient (Wildman–Crippen LogP) is 4.78. The molecule has 17 heavy (non-hydrogen) atoms. The number of hydrogen-bond donors (Lipinski definition) is 0. The van der Waals surface area contributed by atoms with Gasteiger partial charge in [0.25, 0.3) is 0 Å². The van der Waals surface area contributed by atoms with Crippen molar-refractivity contribution >= 4 is 49.0 Å². The maximum absolute atomic E-state index is 13.4. The van der Waals surface area contributed by atoms with E-state index in [1.807, 2.05) is 0 Å². The van der Waals surface area contributed by atoms with Gasteiger partial charge in [-0.05, 0) is 56.1 Å². The molecule has 6 heteroatoms. The van der Waals surface area contributed by atoms with Crippen molar-refractivity contribution in [3.63, 3.8) is 0 Å². The van der Waals surface area contributed by atoms with Crippen LogP contribution in [-0.4, -0.2) is 5.78 Å². The summed E-state index contributed by atoms with van der Waals surface area (Å²) in [7, 11) is 0. The molecule has 0 amide bonds. The van der Waals surface area contributed by atoms with Crippen LogP contribution in [0.15, 0.2) is 31.8 Å². The van der Waals surface area contributed by atoms with Crippen molar-refractivity contribution in [3.05, 3.63) is 54.6 Å². The summed E-state index contributed by atoms with van der Waals surface area (Å²) >= 11 is 7.73. The number of carbonyl (C=O) groups excluding carboxylic acids is 1. The van der Waals surface area contributed by atoms with E-state index in [1.165, 1.54) is 11.3 Å². The van der Waals surface area contributed by atoms with Crippen molar-refractivity contribution < 1.29 is 13.6 Å². The first-order valence-corrected chi connectivity index (χ1v) is 6.84. The Morgan fingerprint density at radius 2 is 1.82 bits per heavy atom. The van der Waals surface area contributed by atoms with Crippen LogP contribution in [0.2, 0.25) is 0 Å². The zero-order chi connectivity index (χ0) is 12.6. The molecule has 0 fully saturated rings. The fraction of sp³-hybridized carbons (Fsp3) is 0. The molecule has 1 aromatic carbocycles. The molecule has 2 aromatic rings. The summed E-state index contributed by atoms with van der Waals surface area (Å²) < 4.78 is 27.7. The van der Waals surface area contributed by atoms with Gasteiger partial charge < -0.3 is 0 Å². The molecule has 0 bridgehead atoms. The van der Waals surface area contributed by atoms with Crippen LogP contribution >= 0.6 is 43.2 Å². The Kier molecular flexibility index (Phi) is 3.75. The SMILES string of the molecule is O=C(c1cc(F)ccc1F)c1cc(Br)sc1Br. The van der Waals surface area contributed by atoms with E-state index in [1.54, 1.807) is 6.07 Å². The molecule has 1 nitrogen and oxygen atoms in total. The molecule has 1 aromatic heterocycles. The van der Waals surface area contributed by atoms with Gasteiger partial charge in [-0.2, -0.15) is 0 Å². The fourth-order valence-electron chi connectivity index (χ4n) is 1.31. The number of hydrogen-bond acceptors (Lipinski definition) is 2. The molecule has 0 aliphatic rings. The minimum Gasteiger partial charge on any atom is -0.288 e. The lowest BCUT2D eigenvalue weighted by molar-refractivity contribution is 0.103. The Morgan fingerprint density at radius 1 is 1.12 bits per heavy atom. The molecule has 0 aliphatic heterocycles. The van der Waals surface area contributed by atoms with Crippen LogP contribution in [0.4, 0.5) is 8.78 Å². The topological polar surface area (TPSA) is 17.1 Å². The van der Waals surface area contributed by atoms with Crippen LogP contribution < -0.4 is 0 Å². The fourth-order valence-corrected chi connectivity index (χ4v) is 4.11. The molecule has 0 spiro atoms. The van der Waals surface area contributed by atoms with E-state index in [0.29, 0.717) is 9.35 Å². The molecule has 0 saturated carbocycles. The van der Waals surface area contributed by atoms with Gasteiger partial charge in [-0.15, -0.1) is 11.3 Å². The number of halogens is 4. The van der Waals surface area contributed by atoms with Crippen LogP contribution in [0, 0.1) is 11.6 Å². The Bertz CT molecular complexity index is 595. The largest absolute Gasteiger partial charge is 0.288 e. The van der Waals surface area contributed by atoms with Crippen LogP contribution in [0.3, 0.4) is 0 Å². The van der Waals surface area contributed by atoms with E-state index in [2.05, 4.69) is 31.9 Å². The average Bonchev–Trinajstić information content (AvgIpc) is 2.60. The zero-order valence-corrected chi connectivity index (χ0v) is 12.1. The van der Waals surface area contributed by atoms with Crippen molar-refractivity contribution in [2.45, 2.75) is 0 Å². The second-order valence-electron chi connectivity index (χ2n) is 3.19. The van der Waals surface area contributed by atoms with Gasteiger partial charge >= 0.3 is 0 Å². The van der Waals surface area contributed by atoms with E-state index >= 15 is 0 Å². The van der Waals surface area contributed by atoms with Crippen molar-refractivity contribution in [3.8, 4) is 0 Å². The smallest absolute Gasteiger partial charge is 0.198 e. The molecule has 0 N–H and O–H groups in total. The Hall–Kier alpha value is -0.590. The Labute approximate surface area is 117 Å². The summed E-state index contributed by atoms with van der Waals surface area (Å²) in [4.78, 5) is 12.0. The molecule has 0 unspecified atom stereocenters. The van der Waals surface area contributed by atoms with Gasteiger partial charge in [-0.1, -0.05) is 0 Å². The first-order chi connectivity index (χ1) is 7.99. The predicted molar refractivity (Wildman–Crippen MR) is 69.5 cm³/mol. The highest BCUT2D eigenvalue weighted by molar-refractivity contribution is 9.12. The van der Waals surface area contributed by atoms with E-state index in [9.17, 15) is 13.6 Å². The number of carbonyl (C=O) groups is 1. The molecular formula is C11H4Br2F2OS. The number of thiophene rings is 1. The first-order valence-electron chi connectivity index (χ1n) is 4.43. The summed E-state index contributed by atoms with van der Waals surface area (Å²) in [6.07, 6.45) is 0. The number of benzene rings is 1. The standard InChI is InChI=1S/C11H4Br2F2OS/c12-9-4-7(11(13)17-9)10(16)6-3-5(14)1-2-8(6)15/h1-4H. The summed E-state index contributed by atoms with van der Waals surface area (Å²) in [5.74, 6) is -1.92. The third-order valence-electron chi connectivity index (χ3n) is 2.07. The van der Waals surface area contributed by atoms with Gasteiger partial charge in [-0.3, -0.25) is 4.79 Å². The van der Waals surface area contributed by atoms with Crippen molar-refractivity contribution in [1.29, 1.82) is 0 Å². The Balaban J connectivity index is 2.50. The number of rotatable bonds is 2. The lowest BCUT2D eigenvalue weighted by Crippen LogP contribution is -2.04. The van der Waals surface area contributed by atoms with E-state index in [-0.39, 0.29) is 5.56 Å². The minimum absolute atomic E-state index is 0.268. The molecule has 2 rings (SSSR count). The molecule has 0 atom stereocenters. The monoisotopic (exact) mass is 380 g/mol. The minimum atomic E-state index is -0.731. The average molecular weight is 382 g/mol. The van der Waals surface area contributed by atoms with Crippen LogP contribution in [0.5, 0.6) is 0 Å². The van der Waals surface area contributed by atoms with Crippen molar-refractivity contribution in [1.82, 2.24) is 0 Å². The third kappa shape index (κ3) is 2.64. The molecule has 0 radical (unpaired) electrons. The van der Waals surface area contributed by atoms with Gasteiger partial charge in [0.1, 0.15) is 11.6 Å². The second-order valence-corrected chi connectivity index (χ2v) is 6.94. The van der Waals surface area contributed by atoms with Crippen LogP contribution in [-0.2, 0) is 0 Å². The van der Waals surface area contributed by atoms with Crippen LogP contribution in [0.1, 0.15) is 15.9 Å². The zero-order valence-electron chi connectivity index (χ0n) is 8.14. The Morgan fingerprint density at radius 3 is 2.41 bits per heavy atom. The van der Waals surface area contributed by atoms with E-state index in [0.717, 1.165) is 22.0 Å². The highest BCUT2D eigenvalue weighted by atomic mass is 79.9. The molecule has 0 saturated heterocycles. The van der Waals surface area contributed by atoms with E-state index in [4.69, 9.17) is 0 Å². The summed E-state index contributed by atoms with van der Waals surface area (Å²) in [5, 5.41) is 0. The van der Waals surface area contributed by atoms with Crippen LogP contribution in [0.25, 0.3) is 0 Å². The van der Waals surface area contributed by atoms with Gasteiger partial charge in [-0.25, -0.2) is 8.78 Å². The van der Waals surface area contributed by atoms with E-state index < -0.39 is 17.4 Å². The van der Waals surface area contributed by atoms with Gasteiger partial charge in [0.15, 0.2) is 5.78 Å². The highest BCUT2D eigenvalue weighted by Gasteiger charge is 2.19. The third-order valence-corrected chi connectivity index (χ3v) is 4.41. The first kappa shape index (κ1) is 12.9. The van der Waals surface area contributed by atoms with Gasteiger partial charge in [0.2, 0.25) is 0 Å².